The van der Waals surface area contributed by atoms with E-state index in [9.17, 15) is 4.79 Å². The van der Waals surface area contributed by atoms with Crippen molar-refractivity contribution in [3.8, 4) is 0 Å². The van der Waals surface area contributed by atoms with E-state index >= 15 is 0 Å². The lowest BCUT2D eigenvalue weighted by atomic mass is 9.88. The second kappa shape index (κ2) is 5.55. The molecule has 100 valence electrons. The maximum atomic E-state index is 11.6. The summed E-state index contributed by atoms with van der Waals surface area (Å²) in [7, 11) is 0. The lowest BCUT2D eigenvalue weighted by molar-refractivity contribution is -0.122. The quantitative estimate of drug-likeness (QED) is 0.891. The van der Waals surface area contributed by atoms with Gasteiger partial charge in [0.15, 0.2) is 0 Å². The van der Waals surface area contributed by atoms with Crippen LogP contribution in [0.2, 0.25) is 0 Å². The van der Waals surface area contributed by atoms with Crippen LogP contribution in [0.5, 0.6) is 0 Å². The van der Waals surface area contributed by atoms with Crippen LogP contribution in [-0.4, -0.2) is 15.5 Å². The number of carbonyl (C=O) groups is 1. The zero-order valence-electron chi connectivity index (χ0n) is 11.3. The van der Waals surface area contributed by atoms with Crippen molar-refractivity contribution in [3.05, 3.63) is 18.2 Å². The van der Waals surface area contributed by atoms with Gasteiger partial charge in [-0.1, -0.05) is 33.1 Å². The number of carbonyl (C=O) groups excluding carboxylic acids is 1. The molecule has 0 unspecified atom stereocenters. The summed E-state index contributed by atoms with van der Waals surface area (Å²) in [5.74, 6) is 1.47. The molecule has 0 saturated heterocycles. The van der Waals surface area contributed by atoms with Crippen LogP contribution in [0.15, 0.2) is 12.4 Å². The zero-order valence-corrected chi connectivity index (χ0v) is 11.3. The van der Waals surface area contributed by atoms with Gasteiger partial charge in [-0.15, -0.1) is 0 Å². The molecular formula is C14H23N3O. The van der Waals surface area contributed by atoms with E-state index in [4.69, 9.17) is 5.73 Å². The number of amides is 1. The van der Waals surface area contributed by atoms with Gasteiger partial charge in [-0.05, 0) is 18.8 Å². The van der Waals surface area contributed by atoms with Crippen molar-refractivity contribution in [3.63, 3.8) is 0 Å². The SMILES string of the molecule is CC(C)[C@@H](C(N)=O)n1ccnc1C1CCCCC1. The molecule has 1 aliphatic rings. The average Bonchev–Trinajstić information content (AvgIpc) is 2.78. The predicted octanol–water partition coefficient (Wildman–Crippen LogP) is 2.61. The van der Waals surface area contributed by atoms with Crippen LogP contribution in [0.25, 0.3) is 0 Å². The molecule has 0 bridgehead atoms. The third-order valence-electron chi connectivity index (χ3n) is 3.89. The van der Waals surface area contributed by atoms with E-state index < -0.39 is 0 Å². The van der Waals surface area contributed by atoms with E-state index in [-0.39, 0.29) is 17.9 Å². The molecule has 1 amide bonds. The van der Waals surface area contributed by atoms with Gasteiger partial charge in [-0.2, -0.15) is 0 Å². The molecule has 0 spiro atoms. The van der Waals surface area contributed by atoms with Crippen LogP contribution >= 0.6 is 0 Å². The van der Waals surface area contributed by atoms with Gasteiger partial charge in [0.05, 0.1) is 0 Å². The number of imidazole rings is 1. The van der Waals surface area contributed by atoms with E-state index in [0.717, 1.165) is 5.82 Å². The lowest BCUT2D eigenvalue weighted by Crippen LogP contribution is -2.32. The van der Waals surface area contributed by atoms with Gasteiger partial charge in [-0.25, -0.2) is 4.98 Å². The minimum atomic E-state index is -0.274. The third kappa shape index (κ3) is 2.57. The van der Waals surface area contributed by atoms with Crippen molar-refractivity contribution < 1.29 is 4.79 Å². The Bertz CT molecular complexity index is 405. The second-order valence-corrected chi connectivity index (χ2v) is 5.62. The Labute approximate surface area is 109 Å². The highest BCUT2D eigenvalue weighted by atomic mass is 16.1. The summed E-state index contributed by atoms with van der Waals surface area (Å²) in [5, 5.41) is 0. The highest BCUT2D eigenvalue weighted by Gasteiger charge is 2.27. The second-order valence-electron chi connectivity index (χ2n) is 5.62. The smallest absolute Gasteiger partial charge is 0.240 e. The van der Waals surface area contributed by atoms with Crippen molar-refractivity contribution >= 4 is 5.91 Å². The van der Waals surface area contributed by atoms with E-state index in [0.29, 0.717) is 5.92 Å². The highest BCUT2D eigenvalue weighted by Crippen LogP contribution is 2.33. The molecule has 18 heavy (non-hydrogen) atoms. The first-order chi connectivity index (χ1) is 8.61. The summed E-state index contributed by atoms with van der Waals surface area (Å²) in [5.41, 5.74) is 5.54. The monoisotopic (exact) mass is 249 g/mol. The third-order valence-corrected chi connectivity index (χ3v) is 3.89. The fraction of sp³-hybridized carbons (Fsp3) is 0.714. The summed E-state index contributed by atoms with van der Waals surface area (Å²) < 4.78 is 2.00. The fourth-order valence-electron chi connectivity index (χ4n) is 3.02. The summed E-state index contributed by atoms with van der Waals surface area (Å²) in [6, 6.07) is -0.274. The molecule has 1 aromatic rings. The Morgan fingerprint density at radius 2 is 2.06 bits per heavy atom. The average molecular weight is 249 g/mol. The predicted molar refractivity (Wildman–Crippen MR) is 71.1 cm³/mol. The van der Waals surface area contributed by atoms with Crippen LogP contribution in [0.3, 0.4) is 0 Å². The van der Waals surface area contributed by atoms with E-state index in [1.807, 2.05) is 24.6 Å². The Morgan fingerprint density at radius 1 is 1.39 bits per heavy atom. The number of nitrogens with two attached hydrogens (primary N) is 1. The van der Waals surface area contributed by atoms with E-state index in [1.165, 1.54) is 32.1 Å². The Kier molecular flexibility index (Phi) is 4.04. The van der Waals surface area contributed by atoms with Crippen LogP contribution in [0, 0.1) is 5.92 Å². The standard InChI is InChI=1S/C14H23N3O/c1-10(2)12(13(15)18)17-9-8-16-14(17)11-6-4-3-5-7-11/h8-12H,3-7H2,1-2H3,(H2,15,18)/t12-/m0/s1. The molecule has 0 aromatic carbocycles. The number of aromatic nitrogens is 2. The van der Waals surface area contributed by atoms with Gasteiger partial charge >= 0.3 is 0 Å². The van der Waals surface area contributed by atoms with Crippen LogP contribution < -0.4 is 5.73 Å². The van der Waals surface area contributed by atoms with Crippen molar-refractivity contribution in [1.29, 1.82) is 0 Å². The van der Waals surface area contributed by atoms with Gasteiger partial charge in [0.1, 0.15) is 11.9 Å². The van der Waals surface area contributed by atoms with Gasteiger partial charge in [0, 0.05) is 18.3 Å². The van der Waals surface area contributed by atoms with Crippen molar-refractivity contribution in [2.75, 3.05) is 0 Å². The van der Waals surface area contributed by atoms with Gasteiger partial charge < -0.3 is 10.3 Å². The summed E-state index contributed by atoms with van der Waals surface area (Å²) in [6.45, 7) is 4.06. The lowest BCUT2D eigenvalue weighted by Gasteiger charge is -2.26. The molecule has 4 heteroatoms. The fourth-order valence-corrected chi connectivity index (χ4v) is 3.02. The number of rotatable bonds is 4. The largest absolute Gasteiger partial charge is 0.368 e. The minimum absolute atomic E-state index is 0.194. The molecule has 2 rings (SSSR count). The van der Waals surface area contributed by atoms with Gasteiger partial charge in [0.25, 0.3) is 0 Å². The number of hydrogen-bond acceptors (Lipinski definition) is 2. The van der Waals surface area contributed by atoms with Gasteiger partial charge in [0.2, 0.25) is 5.91 Å². The molecule has 1 fully saturated rings. The van der Waals surface area contributed by atoms with Crippen LogP contribution in [0.1, 0.15) is 63.7 Å². The maximum absolute atomic E-state index is 11.6. The molecular weight excluding hydrogens is 226 g/mol. The molecule has 1 aliphatic carbocycles. The van der Waals surface area contributed by atoms with Crippen molar-refractivity contribution in [2.45, 2.75) is 57.9 Å². The first-order valence-electron chi connectivity index (χ1n) is 6.93. The highest BCUT2D eigenvalue weighted by molar-refractivity contribution is 5.78. The molecule has 0 radical (unpaired) electrons. The molecule has 0 aliphatic heterocycles. The maximum Gasteiger partial charge on any atom is 0.240 e. The Hall–Kier alpha value is -1.32. The summed E-state index contributed by atoms with van der Waals surface area (Å²) in [4.78, 5) is 16.1. The normalized spacial score (nSPS) is 19.1. The Morgan fingerprint density at radius 3 is 2.61 bits per heavy atom. The molecule has 1 aromatic heterocycles. The molecule has 1 saturated carbocycles. The topological polar surface area (TPSA) is 60.9 Å². The van der Waals surface area contributed by atoms with Crippen LogP contribution in [-0.2, 0) is 4.79 Å². The van der Waals surface area contributed by atoms with E-state index in [1.54, 1.807) is 6.20 Å². The van der Waals surface area contributed by atoms with Crippen molar-refractivity contribution in [2.24, 2.45) is 11.7 Å². The first kappa shape index (κ1) is 13.1. The Balaban J connectivity index is 2.27. The minimum Gasteiger partial charge on any atom is -0.368 e. The van der Waals surface area contributed by atoms with E-state index in [2.05, 4.69) is 4.98 Å². The summed E-state index contributed by atoms with van der Waals surface area (Å²) in [6.07, 6.45) is 9.91. The number of hydrogen-bond donors (Lipinski definition) is 1. The molecule has 1 heterocycles. The molecule has 2 N–H and O–H groups in total. The van der Waals surface area contributed by atoms with Gasteiger partial charge in [-0.3, -0.25) is 4.79 Å². The summed E-state index contributed by atoms with van der Waals surface area (Å²) >= 11 is 0. The van der Waals surface area contributed by atoms with Crippen LogP contribution in [0.4, 0.5) is 0 Å². The van der Waals surface area contributed by atoms with Crippen molar-refractivity contribution in [1.82, 2.24) is 9.55 Å². The first-order valence-corrected chi connectivity index (χ1v) is 6.93. The molecule has 4 nitrogen and oxygen atoms in total. The number of nitrogens with zero attached hydrogens (tertiary/aromatic N) is 2. The number of primary amides is 1. The zero-order chi connectivity index (χ0) is 13.1. The molecule has 1 atom stereocenters.